The predicted molar refractivity (Wildman–Crippen MR) is 127 cm³/mol. The zero-order valence-electron chi connectivity index (χ0n) is 18.9. The number of allylic oxidation sites excluding steroid dienone is 1. The van der Waals surface area contributed by atoms with E-state index in [1.54, 1.807) is 30.1 Å². The molecule has 8 nitrogen and oxygen atoms in total. The molecule has 0 N–H and O–H groups in total. The van der Waals surface area contributed by atoms with Gasteiger partial charge in [-0.15, -0.1) is 5.10 Å². The number of amides is 2. The summed E-state index contributed by atoms with van der Waals surface area (Å²) in [4.78, 5) is 20.9. The van der Waals surface area contributed by atoms with E-state index in [1.165, 1.54) is 0 Å². The van der Waals surface area contributed by atoms with Gasteiger partial charge in [0, 0.05) is 43.2 Å². The van der Waals surface area contributed by atoms with Crippen LogP contribution >= 0.6 is 11.6 Å². The third-order valence-corrected chi connectivity index (χ3v) is 5.77. The summed E-state index contributed by atoms with van der Waals surface area (Å²) in [6, 6.07) is 11.4. The van der Waals surface area contributed by atoms with Gasteiger partial charge in [-0.25, -0.2) is 14.5 Å². The van der Waals surface area contributed by atoms with Crippen LogP contribution in [0.15, 0.2) is 54.9 Å². The lowest BCUT2D eigenvalue weighted by atomic mass is 10.1. The van der Waals surface area contributed by atoms with E-state index in [4.69, 9.17) is 21.1 Å². The number of hydrogen-bond donors (Lipinski definition) is 0. The van der Waals surface area contributed by atoms with E-state index in [0.29, 0.717) is 37.0 Å². The smallest absolute Gasteiger partial charge is 0.326 e. The van der Waals surface area contributed by atoms with Crippen molar-refractivity contribution in [3.05, 3.63) is 76.9 Å². The molecular weight excluding hydrogens is 442 g/mol. The maximum atomic E-state index is 13.1. The van der Waals surface area contributed by atoms with Gasteiger partial charge >= 0.3 is 6.03 Å². The number of ether oxygens (including phenoxy) is 2. The molecule has 0 spiro atoms. The van der Waals surface area contributed by atoms with Crippen molar-refractivity contribution in [1.82, 2.24) is 19.7 Å². The fourth-order valence-electron chi connectivity index (χ4n) is 3.79. The minimum Gasteiger partial charge on any atom is -0.505 e. The Labute approximate surface area is 198 Å². The quantitative estimate of drug-likeness (QED) is 0.363. The van der Waals surface area contributed by atoms with E-state index in [0.717, 1.165) is 28.3 Å². The highest BCUT2D eigenvalue weighted by Gasteiger charge is 2.31. The summed E-state index contributed by atoms with van der Waals surface area (Å²) in [5.41, 5.74) is 3.49. The number of pyridine rings is 1. The topological polar surface area (TPSA) is 72.7 Å². The lowest BCUT2D eigenvalue weighted by molar-refractivity contribution is 0.218. The van der Waals surface area contributed by atoms with Gasteiger partial charge in [0.05, 0.1) is 26.2 Å². The Balaban J connectivity index is 1.53. The molecule has 172 valence electrons. The standard InChI is InChI=1S/C24H26ClN5O3/c1-17-15-21(20(23(25)26-17)5-4-14-32-2)30-11-10-22(27-30)29-13-12-28(24(29)31)16-18-6-8-19(33-3)9-7-18/h4,6-11,14-15H,5,12-13,16H2,1-3H3/b14-4+. The van der Waals surface area contributed by atoms with E-state index in [1.807, 2.05) is 60.5 Å². The molecular formula is C24H26ClN5O3. The van der Waals surface area contributed by atoms with Gasteiger partial charge in [0.15, 0.2) is 5.82 Å². The number of nitrogens with zero attached hydrogens (tertiary/aromatic N) is 5. The second-order valence-electron chi connectivity index (χ2n) is 7.69. The molecule has 3 aromatic rings. The molecule has 0 saturated carbocycles. The fraction of sp³-hybridized carbons (Fsp3) is 0.292. The van der Waals surface area contributed by atoms with E-state index in [2.05, 4.69) is 10.1 Å². The van der Waals surface area contributed by atoms with Crippen LogP contribution in [-0.4, -0.2) is 53.0 Å². The van der Waals surface area contributed by atoms with Crippen molar-refractivity contribution >= 4 is 23.4 Å². The van der Waals surface area contributed by atoms with Gasteiger partial charge in [-0.1, -0.05) is 23.7 Å². The molecule has 4 rings (SSSR count). The Morgan fingerprint density at radius 2 is 1.94 bits per heavy atom. The van der Waals surface area contributed by atoms with Crippen LogP contribution in [-0.2, 0) is 17.7 Å². The Bertz CT molecular complexity index is 1160. The zero-order chi connectivity index (χ0) is 23.4. The average Bonchev–Trinajstić information content (AvgIpc) is 3.43. The number of urea groups is 1. The van der Waals surface area contributed by atoms with Crippen LogP contribution in [0.1, 0.15) is 16.8 Å². The summed E-state index contributed by atoms with van der Waals surface area (Å²) in [6.45, 7) is 3.63. The fourth-order valence-corrected chi connectivity index (χ4v) is 4.09. The molecule has 1 aromatic carbocycles. The Morgan fingerprint density at radius 3 is 2.67 bits per heavy atom. The van der Waals surface area contributed by atoms with Crippen molar-refractivity contribution < 1.29 is 14.3 Å². The van der Waals surface area contributed by atoms with Crippen molar-refractivity contribution in [3.63, 3.8) is 0 Å². The number of rotatable bonds is 8. The van der Waals surface area contributed by atoms with Gasteiger partial charge in [0.25, 0.3) is 0 Å². The van der Waals surface area contributed by atoms with Crippen molar-refractivity contribution in [3.8, 4) is 11.4 Å². The molecule has 33 heavy (non-hydrogen) atoms. The lowest BCUT2D eigenvalue weighted by Gasteiger charge is -2.17. The van der Waals surface area contributed by atoms with Gasteiger partial charge in [-0.3, -0.25) is 4.90 Å². The third-order valence-electron chi connectivity index (χ3n) is 5.46. The maximum Gasteiger partial charge on any atom is 0.326 e. The number of carbonyl (C=O) groups excluding carboxylic acids is 1. The largest absolute Gasteiger partial charge is 0.505 e. The summed E-state index contributed by atoms with van der Waals surface area (Å²) < 4.78 is 11.9. The van der Waals surface area contributed by atoms with Gasteiger partial charge in [-0.05, 0) is 43.2 Å². The first kappa shape index (κ1) is 22.7. The molecule has 1 saturated heterocycles. The summed E-state index contributed by atoms with van der Waals surface area (Å²) in [7, 11) is 3.23. The molecule has 1 aliphatic rings. The second kappa shape index (κ2) is 9.95. The molecule has 9 heteroatoms. The van der Waals surface area contributed by atoms with Crippen LogP contribution in [0.2, 0.25) is 5.15 Å². The number of aryl methyl sites for hydroxylation is 1. The highest BCUT2D eigenvalue weighted by atomic mass is 35.5. The number of carbonyl (C=O) groups is 1. The first-order valence-electron chi connectivity index (χ1n) is 10.6. The molecule has 2 amide bonds. The normalized spacial score (nSPS) is 13.9. The summed E-state index contributed by atoms with van der Waals surface area (Å²) in [5, 5.41) is 5.11. The minimum absolute atomic E-state index is 0.0664. The lowest BCUT2D eigenvalue weighted by Crippen LogP contribution is -2.31. The summed E-state index contributed by atoms with van der Waals surface area (Å²) in [6.07, 6.45) is 5.86. The second-order valence-corrected chi connectivity index (χ2v) is 8.04. The number of aromatic nitrogens is 3. The molecule has 3 heterocycles. The number of halogens is 1. The van der Waals surface area contributed by atoms with Gasteiger partial charge in [0.1, 0.15) is 10.9 Å². The maximum absolute atomic E-state index is 13.1. The SMILES string of the molecule is CO/C=C/Cc1c(-n2ccc(N3CCN(Cc4ccc(OC)cc4)C3=O)n2)cc(C)nc1Cl. The van der Waals surface area contributed by atoms with E-state index < -0.39 is 0 Å². The van der Waals surface area contributed by atoms with Crippen LogP contribution in [0.25, 0.3) is 5.69 Å². The molecule has 1 aliphatic heterocycles. The zero-order valence-corrected chi connectivity index (χ0v) is 19.6. The van der Waals surface area contributed by atoms with Crippen LogP contribution in [0.5, 0.6) is 5.75 Å². The highest BCUT2D eigenvalue weighted by molar-refractivity contribution is 6.30. The summed E-state index contributed by atoms with van der Waals surface area (Å²) in [5.74, 6) is 1.39. The van der Waals surface area contributed by atoms with Crippen molar-refractivity contribution in [2.75, 3.05) is 32.2 Å². The molecule has 0 aliphatic carbocycles. The van der Waals surface area contributed by atoms with Crippen molar-refractivity contribution in [2.45, 2.75) is 19.9 Å². The molecule has 1 fully saturated rings. The number of anilines is 1. The molecule has 2 aromatic heterocycles. The molecule has 0 bridgehead atoms. The predicted octanol–water partition coefficient (Wildman–Crippen LogP) is 4.38. The van der Waals surface area contributed by atoms with E-state index >= 15 is 0 Å². The highest BCUT2D eigenvalue weighted by Crippen LogP contribution is 2.26. The average molecular weight is 468 g/mol. The van der Waals surface area contributed by atoms with Crippen molar-refractivity contribution in [2.24, 2.45) is 0 Å². The molecule has 0 radical (unpaired) electrons. The number of methoxy groups -OCH3 is 2. The van der Waals surface area contributed by atoms with E-state index in [9.17, 15) is 4.79 Å². The van der Waals surface area contributed by atoms with E-state index in [-0.39, 0.29) is 6.03 Å². The Hall–Kier alpha value is -3.52. The molecule has 0 unspecified atom stereocenters. The molecule has 0 atom stereocenters. The number of hydrogen-bond acceptors (Lipinski definition) is 5. The van der Waals surface area contributed by atoms with Gasteiger partial charge in [-0.2, -0.15) is 0 Å². The van der Waals surface area contributed by atoms with Gasteiger partial charge < -0.3 is 14.4 Å². The summed E-state index contributed by atoms with van der Waals surface area (Å²) >= 11 is 6.43. The minimum atomic E-state index is -0.0664. The van der Waals surface area contributed by atoms with Crippen LogP contribution in [0.4, 0.5) is 10.6 Å². The van der Waals surface area contributed by atoms with Crippen LogP contribution in [0, 0.1) is 6.92 Å². The van der Waals surface area contributed by atoms with Crippen LogP contribution < -0.4 is 9.64 Å². The first-order valence-corrected chi connectivity index (χ1v) is 11.0. The Morgan fingerprint density at radius 1 is 1.15 bits per heavy atom. The Kier molecular flexibility index (Phi) is 6.84. The van der Waals surface area contributed by atoms with Crippen molar-refractivity contribution in [1.29, 1.82) is 0 Å². The third kappa shape index (κ3) is 4.96. The van der Waals surface area contributed by atoms with Crippen LogP contribution in [0.3, 0.4) is 0 Å². The first-order chi connectivity index (χ1) is 16.0. The number of benzene rings is 1. The monoisotopic (exact) mass is 467 g/mol. The van der Waals surface area contributed by atoms with Gasteiger partial charge in [0.2, 0.25) is 0 Å².